The third kappa shape index (κ3) is 4.78. The third-order valence-electron chi connectivity index (χ3n) is 3.09. The molecule has 1 atom stereocenters. The van der Waals surface area contributed by atoms with Gasteiger partial charge in [0.2, 0.25) is 0 Å². The van der Waals surface area contributed by atoms with Crippen LogP contribution in [0.5, 0.6) is 0 Å². The molecule has 0 amide bonds. The van der Waals surface area contributed by atoms with Crippen LogP contribution in [-0.4, -0.2) is 24.1 Å². The first-order chi connectivity index (χ1) is 9.45. The summed E-state index contributed by atoms with van der Waals surface area (Å²) in [4.78, 5) is 16.8. The van der Waals surface area contributed by atoms with Crippen LogP contribution < -0.4 is 5.73 Å². The molecule has 0 aromatic heterocycles. The number of ketones is 1. The molecule has 0 aliphatic carbocycles. The van der Waals surface area contributed by atoms with E-state index in [2.05, 4.69) is 5.16 Å². The van der Waals surface area contributed by atoms with Gasteiger partial charge in [-0.25, -0.2) is 0 Å². The molecule has 0 unspecified atom stereocenters. The second kappa shape index (κ2) is 7.80. The van der Waals surface area contributed by atoms with E-state index in [0.717, 1.165) is 16.8 Å². The van der Waals surface area contributed by atoms with Crippen LogP contribution in [0.25, 0.3) is 0 Å². The van der Waals surface area contributed by atoms with Crippen molar-refractivity contribution < 1.29 is 9.63 Å². The molecule has 0 bridgehead atoms. The van der Waals surface area contributed by atoms with Crippen LogP contribution in [0.15, 0.2) is 29.4 Å². The lowest BCUT2D eigenvalue weighted by Crippen LogP contribution is -2.35. The first-order valence-electron chi connectivity index (χ1n) is 7.00. The van der Waals surface area contributed by atoms with Crippen LogP contribution in [0.2, 0.25) is 0 Å². The van der Waals surface area contributed by atoms with E-state index in [1.807, 2.05) is 52.0 Å². The number of hydrogen-bond acceptors (Lipinski definition) is 4. The molecule has 0 fully saturated rings. The molecule has 4 heteroatoms. The summed E-state index contributed by atoms with van der Waals surface area (Å²) in [6.07, 6.45) is 0.568. The Morgan fingerprint density at radius 3 is 2.40 bits per heavy atom. The number of nitrogens with two attached hydrogens (primary N) is 1. The number of nitrogens with zero attached hydrogens (tertiary/aromatic N) is 1. The van der Waals surface area contributed by atoms with E-state index >= 15 is 0 Å². The first kappa shape index (κ1) is 16.4. The van der Waals surface area contributed by atoms with Crippen LogP contribution in [0.1, 0.15) is 38.8 Å². The summed E-state index contributed by atoms with van der Waals surface area (Å²) in [5.74, 6) is 0.0769. The topological polar surface area (TPSA) is 64.7 Å². The Labute approximate surface area is 121 Å². The molecular weight excluding hydrogens is 252 g/mol. The highest BCUT2D eigenvalue weighted by Gasteiger charge is 2.17. The van der Waals surface area contributed by atoms with Gasteiger partial charge < -0.3 is 10.6 Å². The maximum Gasteiger partial charge on any atom is 0.152 e. The van der Waals surface area contributed by atoms with Crippen molar-refractivity contribution in [2.75, 3.05) is 6.61 Å². The Bertz CT molecular complexity index is 464. The molecule has 0 aliphatic rings. The maximum atomic E-state index is 11.8. The van der Waals surface area contributed by atoms with Gasteiger partial charge in [0.05, 0.1) is 11.8 Å². The summed E-state index contributed by atoms with van der Waals surface area (Å²) in [5, 5.41) is 3.99. The molecule has 1 aromatic rings. The molecule has 0 saturated carbocycles. The van der Waals surface area contributed by atoms with E-state index in [1.165, 1.54) is 0 Å². The number of hydrogen-bond donors (Lipinski definition) is 1. The molecule has 1 rings (SSSR count). The smallest absolute Gasteiger partial charge is 0.152 e. The fourth-order valence-electron chi connectivity index (χ4n) is 1.88. The van der Waals surface area contributed by atoms with Gasteiger partial charge in [0.1, 0.15) is 6.61 Å². The molecule has 0 spiro atoms. The zero-order valence-electron chi connectivity index (χ0n) is 12.7. The summed E-state index contributed by atoms with van der Waals surface area (Å²) < 4.78 is 0. The van der Waals surface area contributed by atoms with Crippen molar-refractivity contribution in [1.29, 1.82) is 0 Å². The first-order valence-corrected chi connectivity index (χ1v) is 7.00. The van der Waals surface area contributed by atoms with Crippen molar-refractivity contribution in [1.82, 2.24) is 0 Å². The molecule has 0 heterocycles. The van der Waals surface area contributed by atoms with E-state index in [-0.39, 0.29) is 11.7 Å². The lowest BCUT2D eigenvalue weighted by atomic mass is 9.96. The average molecular weight is 276 g/mol. The van der Waals surface area contributed by atoms with Gasteiger partial charge in [-0.3, -0.25) is 4.79 Å². The minimum Gasteiger partial charge on any atom is -0.396 e. The van der Waals surface area contributed by atoms with E-state index in [1.54, 1.807) is 0 Å². The van der Waals surface area contributed by atoms with Crippen LogP contribution >= 0.6 is 0 Å². The molecule has 20 heavy (non-hydrogen) atoms. The van der Waals surface area contributed by atoms with Gasteiger partial charge in [-0.05, 0) is 31.4 Å². The molecule has 0 radical (unpaired) electrons. The Hall–Kier alpha value is -1.68. The minimum atomic E-state index is -0.431. The number of carbonyl (C=O) groups is 1. The lowest BCUT2D eigenvalue weighted by Gasteiger charge is -2.13. The predicted molar refractivity (Wildman–Crippen MR) is 81.8 cm³/mol. The lowest BCUT2D eigenvalue weighted by molar-refractivity contribution is -0.123. The highest BCUT2D eigenvalue weighted by atomic mass is 16.6. The van der Waals surface area contributed by atoms with Gasteiger partial charge in [0.25, 0.3) is 0 Å². The monoisotopic (exact) mass is 276 g/mol. The van der Waals surface area contributed by atoms with E-state index in [4.69, 9.17) is 10.6 Å². The Balaban J connectivity index is 2.70. The summed E-state index contributed by atoms with van der Waals surface area (Å²) >= 11 is 0. The van der Waals surface area contributed by atoms with Crippen molar-refractivity contribution in [3.63, 3.8) is 0 Å². The van der Waals surface area contributed by atoms with Crippen molar-refractivity contribution in [2.24, 2.45) is 16.8 Å². The number of oxime groups is 1. The SMILES string of the molecule is CCO/N=C(\C)c1ccc(C[C@H](N)C(=O)C(C)C)cc1. The molecule has 0 saturated heterocycles. The van der Waals surface area contributed by atoms with Crippen molar-refractivity contribution >= 4 is 11.5 Å². The van der Waals surface area contributed by atoms with Crippen LogP contribution in [-0.2, 0) is 16.1 Å². The van der Waals surface area contributed by atoms with Crippen molar-refractivity contribution in [2.45, 2.75) is 40.2 Å². The van der Waals surface area contributed by atoms with Crippen molar-refractivity contribution in [3.8, 4) is 0 Å². The molecule has 2 N–H and O–H groups in total. The number of carbonyl (C=O) groups excluding carboxylic acids is 1. The van der Waals surface area contributed by atoms with Gasteiger partial charge in [-0.1, -0.05) is 43.3 Å². The fourth-order valence-corrected chi connectivity index (χ4v) is 1.88. The molecule has 0 aliphatic heterocycles. The van der Waals surface area contributed by atoms with Crippen LogP contribution in [0, 0.1) is 5.92 Å². The van der Waals surface area contributed by atoms with E-state index in [0.29, 0.717) is 13.0 Å². The molecule has 1 aromatic carbocycles. The molecule has 110 valence electrons. The highest BCUT2D eigenvalue weighted by Crippen LogP contribution is 2.10. The van der Waals surface area contributed by atoms with Gasteiger partial charge in [-0.15, -0.1) is 0 Å². The van der Waals surface area contributed by atoms with Gasteiger partial charge in [-0.2, -0.15) is 0 Å². The zero-order valence-corrected chi connectivity index (χ0v) is 12.7. The average Bonchev–Trinajstić information content (AvgIpc) is 2.44. The zero-order chi connectivity index (χ0) is 15.1. The number of Topliss-reactive ketones (excluding diaryl/α,β-unsaturated/α-hetero) is 1. The standard InChI is InChI=1S/C16H24N2O2/c1-5-20-18-12(4)14-8-6-13(7-9-14)10-15(17)16(19)11(2)3/h6-9,11,15H,5,10,17H2,1-4H3/b18-12+/t15-/m0/s1. The normalized spacial score (nSPS) is 13.4. The van der Waals surface area contributed by atoms with Crippen LogP contribution in [0.4, 0.5) is 0 Å². The maximum absolute atomic E-state index is 11.8. The number of benzene rings is 1. The van der Waals surface area contributed by atoms with Gasteiger partial charge >= 0.3 is 0 Å². The second-order valence-corrected chi connectivity index (χ2v) is 5.16. The molecule has 4 nitrogen and oxygen atoms in total. The summed E-state index contributed by atoms with van der Waals surface area (Å²) in [5.41, 5.74) is 8.82. The summed E-state index contributed by atoms with van der Waals surface area (Å²) in [6.45, 7) is 8.10. The largest absolute Gasteiger partial charge is 0.396 e. The Morgan fingerprint density at radius 1 is 1.30 bits per heavy atom. The van der Waals surface area contributed by atoms with E-state index in [9.17, 15) is 4.79 Å². The van der Waals surface area contributed by atoms with E-state index < -0.39 is 6.04 Å². The number of rotatable bonds is 7. The summed E-state index contributed by atoms with van der Waals surface area (Å²) in [7, 11) is 0. The Kier molecular flexibility index (Phi) is 6.39. The van der Waals surface area contributed by atoms with Crippen LogP contribution in [0.3, 0.4) is 0 Å². The third-order valence-corrected chi connectivity index (χ3v) is 3.09. The van der Waals surface area contributed by atoms with Gasteiger partial charge in [0, 0.05) is 5.92 Å². The van der Waals surface area contributed by atoms with Crippen molar-refractivity contribution in [3.05, 3.63) is 35.4 Å². The second-order valence-electron chi connectivity index (χ2n) is 5.16. The summed E-state index contributed by atoms with van der Waals surface area (Å²) in [6, 6.07) is 7.47. The fraction of sp³-hybridized carbons (Fsp3) is 0.500. The van der Waals surface area contributed by atoms with Gasteiger partial charge in [0.15, 0.2) is 5.78 Å². The highest BCUT2D eigenvalue weighted by molar-refractivity contribution is 5.98. The molecular formula is C16H24N2O2. The predicted octanol–water partition coefficient (Wildman–Crippen LogP) is 2.54. The minimum absolute atomic E-state index is 0.0233. The quantitative estimate of drug-likeness (QED) is 0.615. The Morgan fingerprint density at radius 2 is 1.90 bits per heavy atom.